The predicted molar refractivity (Wildman–Crippen MR) is 122 cm³/mol. The number of aromatic nitrogens is 2. The van der Waals surface area contributed by atoms with Crippen LogP contribution < -0.4 is 10.6 Å². The Labute approximate surface area is 183 Å². The quantitative estimate of drug-likeness (QED) is 0.685. The van der Waals surface area contributed by atoms with E-state index >= 15 is 0 Å². The summed E-state index contributed by atoms with van der Waals surface area (Å²) in [5.41, 5.74) is 2.97. The minimum atomic E-state index is -0.416. The zero-order valence-electron chi connectivity index (χ0n) is 16.3. The number of nitrogens with one attached hydrogen (secondary N) is 2. The molecule has 9 heteroatoms. The Morgan fingerprint density at radius 1 is 1.21 bits per heavy atom. The number of halogens is 2. The van der Waals surface area contributed by atoms with Gasteiger partial charge < -0.3 is 15.5 Å². The summed E-state index contributed by atoms with van der Waals surface area (Å²) >= 11 is 2.04. The average molecular weight is 446 g/mol. The fourth-order valence-electron chi connectivity index (χ4n) is 3.12. The zero-order chi connectivity index (χ0) is 18.4. The number of hydrogen-bond acceptors (Lipinski definition) is 5. The Bertz CT molecular complexity index is 719. The van der Waals surface area contributed by atoms with Gasteiger partial charge >= 0.3 is 0 Å². The second kappa shape index (κ2) is 12.3. The Balaban J connectivity index is 0.00000196. The molecule has 6 nitrogen and oxygen atoms in total. The zero-order valence-corrected chi connectivity index (χ0v) is 18.7. The van der Waals surface area contributed by atoms with Gasteiger partial charge in [-0.25, -0.2) is 0 Å². The molecule has 1 aliphatic heterocycles. The van der Waals surface area contributed by atoms with Gasteiger partial charge in [-0.3, -0.25) is 9.48 Å². The third-order valence-electron chi connectivity index (χ3n) is 4.65. The first-order valence-corrected chi connectivity index (χ1v) is 10.2. The maximum absolute atomic E-state index is 12.6. The van der Waals surface area contributed by atoms with Crippen molar-refractivity contribution in [2.24, 2.45) is 7.05 Å². The molecule has 0 aliphatic carbocycles. The topological polar surface area (TPSA) is 62.2 Å². The number of hydrogen-bond donors (Lipinski definition) is 2. The molecule has 2 N–H and O–H groups in total. The van der Waals surface area contributed by atoms with Crippen molar-refractivity contribution in [2.45, 2.75) is 12.5 Å². The van der Waals surface area contributed by atoms with Crippen LogP contribution in [0.3, 0.4) is 0 Å². The van der Waals surface area contributed by atoms with Gasteiger partial charge in [-0.15, -0.1) is 24.8 Å². The summed E-state index contributed by atoms with van der Waals surface area (Å²) in [5.74, 6) is 2.40. The molecule has 1 unspecified atom stereocenters. The van der Waals surface area contributed by atoms with Gasteiger partial charge in [0.05, 0.1) is 6.20 Å². The van der Waals surface area contributed by atoms with Crippen molar-refractivity contribution >= 4 is 48.2 Å². The smallest absolute Gasteiger partial charge is 0.246 e. The minimum absolute atomic E-state index is 0. The normalized spacial score (nSPS) is 15.2. The number of likely N-dealkylation sites (N-methyl/N-ethyl adjacent to an activating group) is 1. The monoisotopic (exact) mass is 445 g/mol. The Hall–Kier alpha value is -1.25. The van der Waals surface area contributed by atoms with Crippen molar-refractivity contribution in [3.05, 3.63) is 47.8 Å². The average Bonchev–Trinajstić information content (AvgIpc) is 3.08. The molecule has 28 heavy (non-hydrogen) atoms. The summed E-state index contributed by atoms with van der Waals surface area (Å²) in [6.07, 6.45) is 4.61. The molecule has 2 aromatic rings. The summed E-state index contributed by atoms with van der Waals surface area (Å²) in [4.78, 5) is 15.1. The molecule has 156 valence electrons. The largest absolute Gasteiger partial charge is 0.324 e. The molecule has 1 saturated heterocycles. The number of nitrogens with zero attached hydrogens (tertiary/aromatic N) is 3. The van der Waals surface area contributed by atoms with Crippen LogP contribution in [0.25, 0.3) is 0 Å². The van der Waals surface area contributed by atoms with E-state index in [9.17, 15) is 4.79 Å². The van der Waals surface area contributed by atoms with Crippen molar-refractivity contribution in [3.63, 3.8) is 0 Å². The van der Waals surface area contributed by atoms with Crippen LogP contribution >= 0.6 is 36.6 Å². The molecular weight excluding hydrogens is 417 g/mol. The second-order valence-corrected chi connectivity index (χ2v) is 7.78. The van der Waals surface area contributed by atoms with Gasteiger partial charge in [0.1, 0.15) is 6.04 Å². The maximum Gasteiger partial charge on any atom is 0.246 e. The van der Waals surface area contributed by atoms with Crippen LogP contribution in [0.2, 0.25) is 0 Å². The SMILES string of the molecule is CNC(C(=O)Nc1ccc(CCN2CCSCC2)cc1)c1cnn(C)c1.Cl.Cl. The number of carbonyl (C=O) groups is 1. The summed E-state index contributed by atoms with van der Waals surface area (Å²) < 4.78 is 1.70. The van der Waals surface area contributed by atoms with Gasteiger partial charge in [-0.05, 0) is 31.2 Å². The van der Waals surface area contributed by atoms with Gasteiger partial charge in [0.2, 0.25) is 5.91 Å². The third-order valence-corrected chi connectivity index (χ3v) is 5.59. The van der Waals surface area contributed by atoms with Crippen LogP contribution in [0, 0.1) is 0 Å². The fraction of sp³-hybridized carbons (Fsp3) is 0.474. The van der Waals surface area contributed by atoms with Crippen LogP contribution in [0.5, 0.6) is 0 Å². The number of thioether (sulfide) groups is 1. The highest BCUT2D eigenvalue weighted by Crippen LogP contribution is 2.17. The first-order valence-electron chi connectivity index (χ1n) is 9.01. The minimum Gasteiger partial charge on any atom is -0.324 e. The lowest BCUT2D eigenvalue weighted by Crippen LogP contribution is -2.34. The van der Waals surface area contributed by atoms with E-state index in [2.05, 4.69) is 32.8 Å². The summed E-state index contributed by atoms with van der Waals surface area (Å²) in [5, 5.41) is 10.2. The van der Waals surface area contributed by atoms with Crippen molar-refractivity contribution in [1.82, 2.24) is 20.0 Å². The molecule has 2 heterocycles. The molecule has 1 fully saturated rings. The predicted octanol–water partition coefficient (Wildman–Crippen LogP) is 2.75. The number of benzene rings is 1. The summed E-state index contributed by atoms with van der Waals surface area (Å²) in [6.45, 7) is 3.49. The van der Waals surface area contributed by atoms with Crippen LogP contribution in [0.4, 0.5) is 5.69 Å². The Morgan fingerprint density at radius 3 is 2.46 bits per heavy atom. The van der Waals surface area contributed by atoms with Crippen LogP contribution in [-0.4, -0.2) is 58.8 Å². The molecule has 3 rings (SSSR count). The number of carbonyl (C=O) groups excluding carboxylic acids is 1. The molecular formula is C19H29Cl2N5OS. The van der Waals surface area contributed by atoms with Crippen LogP contribution in [0.15, 0.2) is 36.7 Å². The summed E-state index contributed by atoms with van der Waals surface area (Å²) in [7, 11) is 3.62. The lowest BCUT2D eigenvalue weighted by atomic mass is 10.1. The molecule has 0 spiro atoms. The Kier molecular flexibility index (Phi) is 10.9. The Morgan fingerprint density at radius 2 is 1.89 bits per heavy atom. The molecule has 1 amide bonds. The van der Waals surface area contributed by atoms with Gasteiger partial charge in [0.15, 0.2) is 0 Å². The van der Waals surface area contributed by atoms with Crippen LogP contribution in [-0.2, 0) is 18.3 Å². The molecule has 1 aliphatic rings. The molecule has 1 atom stereocenters. The number of amides is 1. The van der Waals surface area contributed by atoms with E-state index in [4.69, 9.17) is 0 Å². The van der Waals surface area contributed by atoms with Crippen molar-refractivity contribution < 1.29 is 4.79 Å². The number of aryl methyl sites for hydroxylation is 1. The van der Waals surface area contributed by atoms with E-state index < -0.39 is 6.04 Å². The fourth-order valence-corrected chi connectivity index (χ4v) is 4.10. The van der Waals surface area contributed by atoms with Crippen molar-refractivity contribution in [3.8, 4) is 0 Å². The van der Waals surface area contributed by atoms with Crippen molar-refractivity contribution in [1.29, 1.82) is 0 Å². The molecule has 1 aromatic heterocycles. The van der Waals surface area contributed by atoms with Crippen molar-refractivity contribution in [2.75, 3.05) is 43.5 Å². The molecule has 0 saturated carbocycles. The first-order chi connectivity index (χ1) is 12.7. The lowest BCUT2D eigenvalue weighted by molar-refractivity contribution is -0.118. The van der Waals surface area contributed by atoms with Crippen LogP contribution in [0.1, 0.15) is 17.2 Å². The van der Waals surface area contributed by atoms with E-state index in [0.717, 1.165) is 24.2 Å². The van der Waals surface area contributed by atoms with E-state index in [1.54, 1.807) is 17.9 Å². The number of anilines is 1. The number of rotatable bonds is 7. The first kappa shape index (κ1) is 24.8. The van der Waals surface area contributed by atoms with E-state index in [0.29, 0.717) is 0 Å². The molecule has 0 bridgehead atoms. The van der Waals surface area contributed by atoms with Gasteiger partial charge in [-0.1, -0.05) is 12.1 Å². The maximum atomic E-state index is 12.6. The highest BCUT2D eigenvalue weighted by Gasteiger charge is 2.20. The third kappa shape index (κ3) is 6.97. The summed E-state index contributed by atoms with van der Waals surface area (Å²) in [6, 6.07) is 7.75. The highest BCUT2D eigenvalue weighted by atomic mass is 35.5. The van der Waals surface area contributed by atoms with Gasteiger partial charge in [0.25, 0.3) is 0 Å². The molecule has 0 radical (unpaired) electrons. The second-order valence-electron chi connectivity index (χ2n) is 6.56. The molecule has 1 aromatic carbocycles. The van der Waals surface area contributed by atoms with E-state index in [1.807, 2.05) is 37.1 Å². The van der Waals surface area contributed by atoms with E-state index in [1.165, 1.54) is 30.2 Å². The lowest BCUT2D eigenvalue weighted by Gasteiger charge is -2.26. The van der Waals surface area contributed by atoms with Gasteiger partial charge in [0, 0.05) is 55.6 Å². The highest BCUT2D eigenvalue weighted by molar-refractivity contribution is 7.99. The van der Waals surface area contributed by atoms with E-state index in [-0.39, 0.29) is 30.7 Å². The standard InChI is InChI=1S/C19H27N5OS.2ClH/c1-20-18(16-13-21-23(2)14-16)19(25)22-17-5-3-15(4-6-17)7-8-24-9-11-26-12-10-24;;/h3-6,13-14,18,20H,7-12H2,1-2H3,(H,22,25);2*1H. The van der Waals surface area contributed by atoms with Gasteiger partial charge in [-0.2, -0.15) is 16.9 Å².